The van der Waals surface area contributed by atoms with Crippen LogP contribution in [0.15, 0.2) is 17.0 Å². The standard InChI is InChI=1S/C23H37N2O5PS/c1-8-29-31(28,30-9-2)16-25-10-11-32-20(22(25)27)14-17-12-18(15-24(6)7)21(26)19(13-17)23(3,4)5/h12-14,26H,8-11,15-16H2,1-7H3. The minimum Gasteiger partial charge on any atom is -0.507 e. The van der Waals surface area contributed by atoms with Crippen molar-refractivity contribution in [3.63, 3.8) is 0 Å². The van der Waals surface area contributed by atoms with Crippen molar-refractivity contribution >= 4 is 31.3 Å². The Bertz CT molecular complexity index is 885. The highest BCUT2D eigenvalue weighted by molar-refractivity contribution is 8.04. The van der Waals surface area contributed by atoms with E-state index in [4.69, 9.17) is 9.05 Å². The smallest absolute Gasteiger partial charge is 0.349 e. The molecule has 0 bridgehead atoms. The van der Waals surface area contributed by atoms with Crippen LogP contribution in [0.25, 0.3) is 6.08 Å². The maximum absolute atomic E-state index is 13.2. The predicted molar refractivity (Wildman–Crippen MR) is 132 cm³/mol. The number of carbonyl (C=O) groups excluding carboxylic acids is 1. The average molecular weight is 485 g/mol. The van der Waals surface area contributed by atoms with Gasteiger partial charge in [0.1, 0.15) is 12.0 Å². The molecule has 180 valence electrons. The van der Waals surface area contributed by atoms with E-state index in [1.807, 2.05) is 37.2 Å². The summed E-state index contributed by atoms with van der Waals surface area (Å²) in [6.45, 7) is 11.3. The third kappa shape index (κ3) is 7.09. The van der Waals surface area contributed by atoms with E-state index >= 15 is 0 Å². The Hall–Kier alpha value is -1.31. The molecule has 1 aromatic carbocycles. The van der Waals surface area contributed by atoms with Gasteiger partial charge in [-0.3, -0.25) is 9.36 Å². The first-order valence-electron chi connectivity index (χ1n) is 10.9. The van der Waals surface area contributed by atoms with Gasteiger partial charge in [-0.25, -0.2) is 0 Å². The molecule has 1 saturated heterocycles. The molecule has 1 N–H and O–H groups in total. The van der Waals surface area contributed by atoms with Crippen molar-refractivity contribution in [3.8, 4) is 5.75 Å². The largest absolute Gasteiger partial charge is 0.507 e. The maximum atomic E-state index is 13.2. The van der Waals surface area contributed by atoms with Crippen LogP contribution >= 0.6 is 19.4 Å². The third-order valence-electron chi connectivity index (χ3n) is 4.92. The quantitative estimate of drug-likeness (QED) is 0.395. The van der Waals surface area contributed by atoms with Crippen LogP contribution < -0.4 is 0 Å². The molecule has 9 heteroatoms. The van der Waals surface area contributed by atoms with Crippen molar-refractivity contribution in [1.29, 1.82) is 0 Å². The van der Waals surface area contributed by atoms with Gasteiger partial charge in [0.25, 0.3) is 5.91 Å². The second kappa shape index (κ2) is 11.2. The fourth-order valence-corrected chi connectivity index (χ4v) is 6.25. The van der Waals surface area contributed by atoms with Crippen molar-refractivity contribution < 1.29 is 23.5 Å². The molecule has 0 aliphatic carbocycles. The van der Waals surface area contributed by atoms with E-state index in [1.165, 1.54) is 11.8 Å². The fraction of sp³-hybridized carbons (Fsp3) is 0.609. The zero-order valence-corrected chi connectivity index (χ0v) is 22.0. The van der Waals surface area contributed by atoms with Crippen LogP contribution in [0.1, 0.15) is 51.3 Å². The summed E-state index contributed by atoms with van der Waals surface area (Å²) in [6.07, 6.45) is 1.80. The lowest BCUT2D eigenvalue weighted by Gasteiger charge is -2.30. The zero-order chi connectivity index (χ0) is 24.1. The summed E-state index contributed by atoms with van der Waals surface area (Å²) >= 11 is 1.49. The van der Waals surface area contributed by atoms with Crippen LogP contribution in [0.2, 0.25) is 0 Å². The van der Waals surface area contributed by atoms with Gasteiger partial charge in [-0.15, -0.1) is 11.8 Å². The molecule has 32 heavy (non-hydrogen) atoms. The molecule has 1 aliphatic heterocycles. The highest BCUT2D eigenvalue weighted by atomic mass is 32.2. The number of phenols is 1. The first-order valence-corrected chi connectivity index (χ1v) is 13.6. The molecule has 1 aliphatic rings. The first-order chi connectivity index (χ1) is 14.9. The Morgan fingerprint density at radius 1 is 1.22 bits per heavy atom. The number of phenolic OH excluding ortho intramolecular Hbond substituents is 1. The molecule has 1 amide bonds. The summed E-state index contributed by atoms with van der Waals surface area (Å²) < 4.78 is 23.7. The van der Waals surface area contributed by atoms with Gasteiger partial charge in [-0.1, -0.05) is 20.8 Å². The number of hydrogen-bond donors (Lipinski definition) is 1. The lowest BCUT2D eigenvalue weighted by atomic mass is 9.84. The molecule has 0 atom stereocenters. The molecule has 0 saturated carbocycles. The van der Waals surface area contributed by atoms with Crippen LogP contribution in [0.4, 0.5) is 0 Å². The molecular formula is C23H37N2O5PS. The summed E-state index contributed by atoms with van der Waals surface area (Å²) in [4.78, 5) is 17.3. The summed E-state index contributed by atoms with van der Waals surface area (Å²) in [7, 11) is 0.542. The van der Waals surface area contributed by atoms with Crippen LogP contribution in [-0.4, -0.2) is 66.7 Å². The van der Waals surface area contributed by atoms with Crippen LogP contribution in [0.3, 0.4) is 0 Å². The number of thioether (sulfide) groups is 1. The van der Waals surface area contributed by atoms with Crippen molar-refractivity contribution in [3.05, 3.63) is 33.7 Å². The SMILES string of the molecule is CCOP(=O)(CN1CCSC(=Cc2cc(CN(C)C)c(O)c(C(C)(C)C)c2)C1=O)OCC. The second-order valence-electron chi connectivity index (χ2n) is 9.08. The van der Waals surface area contributed by atoms with E-state index < -0.39 is 7.60 Å². The minimum atomic E-state index is -3.36. The van der Waals surface area contributed by atoms with E-state index in [0.717, 1.165) is 16.7 Å². The van der Waals surface area contributed by atoms with Gasteiger partial charge in [-0.2, -0.15) is 0 Å². The van der Waals surface area contributed by atoms with E-state index in [2.05, 4.69) is 20.8 Å². The lowest BCUT2D eigenvalue weighted by Crippen LogP contribution is -2.38. The molecule has 0 radical (unpaired) electrons. The van der Waals surface area contributed by atoms with Gasteiger partial charge in [0.2, 0.25) is 0 Å². The molecule has 1 fully saturated rings. The van der Waals surface area contributed by atoms with Gasteiger partial charge in [0.05, 0.1) is 18.1 Å². The van der Waals surface area contributed by atoms with Gasteiger partial charge in [-0.05, 0) is 57.1 Å². The molecule has 1 aromatic rings. The highest BCUT2D eigenvalue weighted by Crippen LogP contribution is 2.49. The normalized spacial score (nSPS) is 16.9. The van der Waals surface area contributed by atoms with E-state index in [0.29, 0.717) is 29.5 Å². The Labute approximate surface area is 196 Å². The molecule has 0 unspecified atom stereocenters. The Morgan fingerprint density at radius 2 is 1.84 bits per heavy atom. The number of rotatable bonds is 9. The number of aromatic hydroxyl groups is 1. The Morgan fingerprint density at radius 3 is 2.38 bits per heavy atom. The zero-order valence-electron chi connectivity index (χ0n) is 20.3. The summed E-state index contributed by atoms with van der Waals surface area (Å²) in [6, 6.07) is 3.87. The molecule has 1 heterocycles. The topological polar surface area (TPSA) is 79.3 Å². The summed E-state index contributed by atoms with van der Waals surface area (Å²) in [5, 5.41) is 10.8. The number of nitrogens with zero attached hydrogens (tertiary/aromatic N) is 2. The van der Waals surface area contributed by atoms with Gasteiger partial charge >= 0.3 is 7.60 Å². The van der Waals surface area contributed by atoms with Gasteiger partial charge < -0.3 is 24.0 Å². The average Bonchev–Trinajstić information content (AvgIpc) is 2.66. The van der Waals surface area contributed by atoms with Crippen molar-refractivity contribution in [2.75, 3.05) is 45.9 Å². The van der Waals surface area contributed by atoms with Gasteiger partial charge in [0, 0.05) is 30.0 Å². The van der Waals surface area contributed by atoms with Crippen LogP contribution in [-0.2, 0) is 30.4 Å². The van der Waals surface area contributed by atoms with Crippen molar-refractivity contribution in [1.82, 2.24) is 9.80 Å². The lowest BCUT2D eigenvalue weighted by molar-refractivity contribution is -0.125. The fourth-order valence-electron chi connectivity index (χ4n) is 3.53. The summed E-state index contributed by atoms with van der Waals surface area (Å²) in [5.41, 5.74) is 2.26. The number of benzene rings is 1. The molecule has 7 nitrogen and oxygen atoms in total. The van der Waals surface area contributed by atoms with Crippen LogP contribution in [0.5, 0.6) is 5.75 Å². The Kier molecular flexibility index (Phi) is 9.44. The predicted octanol–water partition coefficient (Wildman–Crippen LogP) is 4.89. The van der Waals surface area contributed by atoms with E-state index in [1.54, 1.807) is 18.7 Å². The Balaban J connectivity index is 2.40. The monoisotopic (exact) mass is 484 g/mol. The van der Waals surface area contributed by atoms with E-state index in [-0.39, 0.29) is 30.8 Å². The minimum absolute atomic E-state index is 0.0554. The van der Waals surface area contributed by atoms with Crippen molar-refractivity contribution in [2.24, 2.45) is 0 Å². The first kappa shape index (κ1) is 26.9. The highest BCUT2D eigenvalue weighted by Gasteiger charge is 2.33. The molecular weight excluding hydrogens is 447 g/mol. The van der Waals surface area contributed by atoms with Crippen molar-refractivity contribution in [2.45, 2.75) is 46.6 Å². The van der Waals surface area contributed by atoms with Gasteiger partial charge in [0.15, 0.2) is 0 Å². The molecule has 2 rings (SSSR count). The number of carbonyl (C=O) groups is 1. The van der Waals surface area contributed by atoms with E-state index in [9.17, 15) is 14.5 Å². The number of amides is 1. The third-order valence-corrected chi connectivity index (χ3v) is 7.90. The van der Waals surface area contributed by atoms with Crippen LogP contribution in [0, 0.1) is 0 Å². The summed E-state index contributed by atoms with van der Waals surface area (Å²) in [5.74, 6) is 0.817. The number of hydrogen-bond acceptors (Lipinski definition) is 7. The second-order valence-corrected chi connectivity index (χ2v) is 12.2. The molecule has 0 spiro atoms. The molecule has 0 aromatic heterocycles. The maximum Gasteiger partial charge on any atom is 0.349 e.